The summed E-state index contributed by atoms with van der Waals surface area (Å²) in [5, 5.41) is 13.3. The quantitative estimate of drug-likeness (QED) is 0.517. The second-order valence-electron chi connectivity index (χ2n) is 7.04. The Balaban J connectivity index is 1.83. The van der Waals surface area contributed by atoms with Crippen LogP contribution in [0.25, 0.3) is 0 Å². The van der Waals surface area contributed by atoms with Crippen molar-refractivity contribution < 1.29 is 19.1 Å². The molecule has 1 aromatic rings. The van der Waals surface area contributed by atoms with Gasteiger partial charge in [-0.15, -0.1) is 0 Å². The zero-order valence-corrected chi connectivity index (χ0v) is 16.6. The van der Waals surface area contributed by atoms with Gasteiger partial charge in [-0.3, -0.25) is 9.79 Å². The van der Waals surface area contributed by atoms with Crippen LogP contribution in [0.3, 0.4) is 0 Å². The highest BCUT2D eigenvalue weighted by atomic mass is 16.5. The monoisotopic (exact) mass is 380 g/mol. The van der Waals surface area contributed by atoms with Crippen molar-refractivity contribution in [1.29, 1.82) is 0 Å². The van der Waals surface area contributed by atoms with Gasteiger partial charge < -0.3 is 29.4 Å². The summed E-state index contributed by atoms with van der Waals surface area (Å²) < 4.78 is 10.7. The highest BCUT2D eigenvalue weighted by Crippen LogP contribution is 2.09. The molecule has 0 aliphatic carbocycles. The van der Waals surface area contributed by atoms with E-state index < -0.39 is 6.10 Å². The molecule has 2 heterocycles. The van der Waals surface area contributed by atoms with Gasteiger partial charge in [-0.2, -0.15) is 0 Å². The van der Waals surface area contributed by atoms with Crippen LogP contribution in [0.5, 0.6) is 0 Å². The Morgan fingerprint density at radius 1 is 1.30 bits per heavy atom. The zero-order valence-electron chi connectivity index (χ0n) is 16.6. The van der Waals surface area contributed by atoms with E-state index in [4.69, 9.17) is 9.15 Å². The topological polar surface area (TPSA) is 90.5 Å². The van der Waals surface area contributed by atoms with Gasteiger partial charge in [0.1, 0.15) is 0 Å². The van der Waals surface area contributed by atoms with Crippen molar-refractivity contribution in [2.75, 3.05) is 52.5 Å². The highest BCUT2D eigenvalue weighted by Gasteiger charge is 2.25. The largest absolute Gasteiger partial charge is 0.459 e. The van der Waals surface area contributed by atoms with E-state index in [2.05, 4.69) is 29.1 Å². The Morgan fingerprint density at radius 3 is 2.59 bits per heavy atom. The number of amides is 1. The number of aliphatic hydroxyl groups excluding tert-OH is 1. The van der Waals surface area contributed by atoms with Gasteiger partial charge in [0.15, 0.2) is 11.7 Å². The van der Waals surface area contributed by atoms with Crippen molar-refractivity contribution >= 4 is 11.9 Å². The van der Waals surface area contributed by atoms with Gasteiger partial charge >= 0.3 is 0 Å². The molecule has 1 amide bonds. The minimum Gasteiger partial charge on any atom is -0.459 e. The maximum absolute atomic E-state index is 12.3. The summed E-state index contributed by atoms with van der Waals surface area (Å²) in [6, 6.07) is 3.40. The first kappa shape index (κ1) is 21.2. The van der Waals surface area contributed by atoms with Crippen molar-refractivity contribution in [3.8, 4) is 0 Å². The Hall–Kier alpha value is -2.06. The molecule has 1 aliphatic heterocycles. The van der Waals surface area contributed by atoms with Gasteiger partial charge in [0.05, 0.1) is 25.5 Å². The van der Waals surface area contributed by atoms with Crippen LogP contribution in [0.1, 0.15) is 31.3 Å². The van der Waals surface area contributed by atoms with Crippen LogP contribution in [0.2, 0.25) is 0 Å². The normalized spacial score (nSPS) is 16.7. The van der Waals surface area contributed by atoms with Gasteiger partial charge in [0.2, 0.25) is 0 Å². The summed E-state index contributed by atoms with van der Waals surface area (Å²) in [7, 11) is 0. The number of ether oxygens (including phenoxy) is 1. The summed E-state index contributed by atoms with van der Waals surface area (Å²) in [5.74, 6) is 1.48. The number of nitrogens with one attached hydrogen (secondary N) is 1. The number of carbonyl (C=O) groups excluding carboxylic acids is 1. The molecule has 0 bridgehead atoms. The fourth-order valence-corrected chi connectivity index (χ4v) is 2.79. The fourth-order valence-electron chi connectivity index (χ4n) is 2.79. The standard InChI is InChI=1S/C19H32N4O4/c1-4-20-19(21-12-16(24)14-26-13-15(2)3)23-9-7-22(8-10-23)18(25)17-6-5-11-27-17/h5-6,11,15-16,24H,4,7-10,12-14H2,1-3H3,(H,20,21). The number of piperazine rings is 1. The number of guanidine groups is 1. The molecule has 152 valence electrons. The summed E-state index contributed by atoms with van der Waals surface area (Å²) in [5.41, 5.74) is 0. The molecule has 8 heteroatoms. The number of hydrogen-bond donors (Lipinski definition) is 2. The third-order valence-electron chi connectivity index (χ3n) is 4.15. The van der Waals surface area contributed by atoms with Crippen LogP contribution < -0.4 is 5.32 Å². The average molecular weight is 380 g/mol. The Labute approximate surface area is 161 Å². The Bertz CT molecular complexity index is 581. The first-order valence-corrected chi connectivity index (χ1v) is 9.63. The molecule has 1 aromatic heterocycles. The molecule has 0 saturated carbocycles. The number of carbonyl (C=O) groups is 1. The molecule has 1 fully saturated rings. The van der Waals surface area contributed by atoms with E-state index in [0.29, 0.717) is 44.5 Å². The molecule has 0 aromatic carbocycles. The SMILES string of the molecule is CCNC(=NCC(O)COCC(C)C)N1CCN(C(=O)c2ccco2)CC1. The van der Waals surface area contributed by atoms with E-state index in [1.165, 1.54) is 6.26 Å². The molecule has 1 saturated heterocycles. The first-order chi connectivity index (χ1) is 13.0. The molecule has 0 spiro atoms. The van der Waals surface area contributed by atoms with Gasteiger partial charge in [-0.05, 0) is 25.0 Å². The van der Waals surface area contributed by atoms with Crippen LogP contribution in [-0.4, -0.2) is 85.4 Å². The van der Waals surface area contributed by atoms with Crippen molar-refractivity contribution in [2.24, 2.45) is 10.9 Å². The molecule has 2 N–H and O–H groups in total. The van der Waals surface area contributed by atoms with Crippen molar-refractivity contribution in [3.63, 3.8) is 0 Å². The third kappa shape index (κ3) is 6.88. The second kappa shape index (κ2) is 10.9. The first-order valence-electron chi connectivity index (χ1n) is 9.63. The molecule has 8 nitrogen and oxygen atoms in total. The maximum atomic E-state index is 12.3. The van der Waals surface area contributed by atoms with Gasteiger partial charge in [0.25, 0.3) is 5.91 Å². The van der Waals surface area contributed by atoms with Gasteiger partial charge in [-0.1, -0.05) is 13.8 Å². The third-order valence-corrected chi connectivity index (χ3v) is 4.15. The lowest BCUT2D eigenvalue weighted by atomic mass is 10.2. The zero-order chi connectivity index (χ0) is 19.6. The lowest BCUT2D eigenvalue weighted by molar-refractivity contribution is 0.0300. The Kier molecular flexibility index (Phi) is 8.60. The van der Waals surface area contributed by atoms with Crippen molar-refractivity contribution in [1.82, 2.24) is 15.1 Å². The Morgan fingerprint density at radius 2 is 2.00 bits per heavy atom. The minimum atomic E-state index is -0.626. The van der Waals surface area contributed by atoms with Crippen molar-refractivity contribution in [2.45, 2.75) is 26.9 Å². The van der Waals surface area contributed by atoms with Crippen LogP contribution >= 0.6 is 0 Å². The van der Waals surface area contributed by atoms with E-state index in [0.717, 1.165) is 12.5 Å². The van der Waals surface area contributed by atoms with Crippen LogP contribution in [0, 0.1) is 5.92 Å². The lowest BCUT2D eigenvalue weighted by Crippen LogP contribution is -2.54. The fraction of sp³-hybridized carbons (Fsp3) is 0.684. The molecular weight excluding hydrogens is 348 g/mol. The summed E-state index contributed by atoms with van der Waals surface area (Å²) in [6.07, 6.45) is 0.884. The number of rotatable bonds is 8. The van der Waals surface area contributed by atoms with Gasteiger partial charge in [-0.25, -0.2) is 0 Å². The smallest absolute Gasteiger partial charge is 0.289 e. The molecule has 27 heavy (non-hydrogen) atoms. The van der Waals surface area contributed by atoms with E-state index in [1.54, 1.807) is 17.0 Å². The lowest BCUT2D eigenvalue weighted by Gasteiger charge is -2.36. The van der Waals surface area contributed by atoms with Crippen LogP contribution in [0.15, 0.2) is 27.8 Å². The average Bonchev–Trinajstić information content (AvgIpc) is 3.19. The number of nitrogens with zero attached hydrogens (tertiary/aromatic N) is 3. The highest BCUT2D eigenvalue weighted by molar-refractivity contribution is 5.91. The van der Waals surface area contributed by atoms with E-state index in [9.17, 15) is 9.90 Å². The number of furan rings is 1. The second-order valence-corrected chi connectivity index (χ2v) is 7.04. The summed E-state index contributed by atoms with van der Waals surface area (Å²) in [4.78, 5) is 20.8. The summed E-state index contributed by atoms with van der Waals surface area (Å²) >= 11 is 0. The predicted octanol–water partition coefficient (Wildman–Crippen LogP) is 1.04. The number of aliphatic imine (C=N–C) groups is 1. The molecule has 1 aliphatic rings. The van der Waals surface area contributed by atoms with E-state index in [1.807, 2.05) is 6.92 Å². The maximum Gasteiger partial charge on any atom is 0.289 e. The van der Waals surface area contributed by atoms with E-state index >= 15 is 0 Å². The van der Waals surface area contributed by atoms with Gasteiger partial charge in [0, 0.05) is 39.3 Å². The predicted molar refractivity (Wildman–Crippen MR) is 104 cm³/mol. The van der Waals surface area contributed by atoms with Crippen LogP contribution in [0.4, 0.5) is 0 Å². The molecule has 2 rings (SSSR count). The molecule has 0 radical (unpaired) electrons. The van der Waals surface area contributed by atoms with Crippen LogP contribution in [-0.2, 0) is 4.74 Å². The summed E-state index contributed by atoms with van der Waals surface area (Å²) in [6.45, 7) is 10.7. The number of hydrogen-bond acceptors (Lipinski definition) is 5. The van der Waals surface area contributed by atoms with E-state index in [-0.39, 0.29) is 19.1 Å². The molecular formula is C19H32N4O4. The number of aliphatic hydroxyl groups is 1. The minimum absolute atomic E-state index is 0.0840. The molecule has 1 unspecified atom stereocenters. The molecule has 1 atom stereocenters. The van der Waals surface area contributed by atoms with Crippen molar-refractivity contribution in [3.05, 3.63) is 24.2 Å².